The van der Waals surface area contributed by atoms with Gasteiger partial charge in [-0.25, -0.2) is 4.98 Å². The molecule has 4 nitrogen and oxygen atoms in total. The van der Waals surface area contributed by atoms with Gasteiger partial charge in [-0.1, -0.05) is 19.9 Å². The van der Waals surface area contributed by atoms with Gasteiger partial charge in [-0.2, -0.15) is 0 Å². The Morgan fingerprint density at radius 2 is 2.30 bits per heavy atom. The molecule has 4 rings (SSSR count). The number of hydrogen-bond donors (Lipinski definition) is 1. The molecule has 2 fully saturated rings. The predicted octanol–water partition coefficient (Wildman–Crippen LogP) is 2.98. The number of ether oxygens (including phenoxy) is 1. The van der Waals surface area contributed by atoms with Crippen molar-refractivity contribution < 1.29 is 4.74 Å². The first-order valence-electron chi connectivity index (χ1n) is 8.85. The van der Waals surface area contributed by atoms with Crippen LogP contribution in [0, 0.1) is 18.3 Å². The summed E-state index contributed by atoms with van der Waals surface area (Å²) in [4.78, 5) is 4.77. The van der Waals surface area contributed by atoms with Crippen molar-refractivity contribution in [1.29, 1.82) is 0 Å². The Hall–Kier alpha value is -1.39. The normalized spacial score (nSPS) is 29.3. The van der Waals surface area contributed by atoms with Crippen LogP contribution in [-0.4, -0.2) is 34.7 Å². The number of aromatic nitrogens is 2. The van der Waals surface area contributed by atoms with E-state index in [2.05, 4.69) is 55.0 Å². The monoisotopic (exact) mass is 313 g/mol. The number of imidazole rings is 1. The molecule has 3 heterocycles. The Balaban J connectivity index is 1.38. The fraction of sp³-hybridized carbons (Fsp3) is 0.632. The Morgan fingerprint density at radius 3 is 3.13 bits per heavy atom. The van der Waals surface area contributed by atoms with Gasteiger partial charge >= 0.3 is 0 Å². The van der Waals surface area contributed by atoms with Crippen LogP contribution in [0.2, 0.25) is 0 Å². The maximum absolute atomic E-state index is 5.98. The highest BCUT2D eigenvalue weighted by Crippen LogP contribution is 2.51. The van der Waals surface area contributed by atoms with Crippen molar-refractivity contribution in [3.05, 3.63) is 35.8 Å². The molecule has 4 heteroatoms. The summed E-state index contributed by atoms with van der Waals surface area (Å²) in [6, 6.07) is 4.77. The number of nitrogens with one attached hydrogen (secondary N) is 1. The highest BCUT2D eigenvalue weighted by Gasteiger charge is 2.57. The average Bonchev–Trinajstić information content (AvgIpc) is 2.96. The van der Waals surface area contributed by atoms with Gasteiger partial charge in [0.25, 0.3) is 0 Å². The first-order valence-corrected chi connectivity index (χ1v) is 8.85. The van der Waals surface area contributed by atoms with Gasteiger partial charge in [-0.3, -0.25) is 0 Å². The topological polar surface area (TPSA) is 38.6 Å². The summed E-state index contributed by atoms with van der Waals surface area (Å²) in [6.07, 6.45) is 8.17. The van der Waals surface area contributed by atoms with Crippen molar-refractivity contribution in [2.24, 2.45) is 11.3 Å². The van der Waals surface area contributed by atoms with Crippen molar-refractivity contribution in [1.82, 2.24) is 14.7 Å². The first-order chi connectivity index (χ1) is 11.1. The van der Waals surface area contributed by atoms with E-state index in [4.69, 9.17) is 9.72 Å². The van der Waals surface area contributed by atoms with E-state index >= 15 is 0 Å². The molecular formula is C19H27N3O. The standard InChI is InChI=1S/C19H27N3O/c1-13-6-4-10-22-12-14(21-18(13)22)8-9-20-16-15-7-5-11-23-17(15)19(16,2)3/h4,6,10,12,15-17,20H,5,7-9,11H2,1-3H3/t15-,16-,17-/m1/s1. The maximum atomic E-state index is 5.98. The van der Waals surface area contributed by atoms with E-state index < -0.39 is 0 Å². The second-order valence-electron chi connectivity index (χ2n) is 7.75. The van der Waals surface area contributed by atoms with E-state index in [-0.39, 0.29) is 5.41 Å². The molecule has 0 spiro atoms. The van der Waals surface area contributed by atoms with Crippen LogP contribution in [0.25, 0.3) is 5.65 Å². The van der Waals surface area contributed by atoms with Crippen LogP contribution in [0.5, 0.6) is 0 Å². The number of fused-ring (bicyclic) bond motifs is 2. The number of pyridine rings is 1. The van der Waals surface area contributed by atoms with Gasteiger partial charge in [0.05, 0.1) is 11.8 Å². The van der Waals surface area contributed by atoms with Crippen molar-refractivity contribution >= 4 is 5.65 Å². The molecule has 1 N–H and O–H groups in total. The fourth-order valence-corrected chi connectivity index (χ4v) is 4.62. The van der Waals surface area contributed by atoms with Gasteiger partial charge in [-0.15, -0.1) is 0 Å². The third-order valence-corrected chi connectivity index (χ3v) is 5.80. The lowest BCUT2D eigenvalue weighted by molar-refractivity contribution is -0.192. The number of aryl methyl sites for hydroxylation is 1. The molecule has 0 radical (unpaired) electrons. The van der Waals surface area contributed by atoms with Crippen LogP contribution in [0.15, 0.2) is 24.5 Å². The molecule has 1 saturated heterocycles. The van der Waals surface area contributed by atoms with Crippen LogP contribution in [0.4, 0.5) is 0 Å². The van der Waals surface area contributed by atoms with Gasteiger partial charge in [0.1, 0.15) is 5.65 Å². The quantitative estimate of drug-likeness (QED) is 0.943. The summed E-state index contributed by atoms with van der Waals surface area (Å²) in [5.74, 6) is 0.696. The Kier molecular flexibility index (Phi) is 3.69. The summed E-state index contributed by atoms with van der Waals surface area (Å²) < 4.78 is 8.11. The zero-order valence-corrected chi connectivity index (χ0v) is 14.4. The van der Waals surface area contributed by atoms with Gasteiger partial charge < -0.3 is 14.5 Å². The maximum Gasteiger partial charge on any atom is 0.139 e. The summed E-state index contributed by atoms with van der Waals surface area (Å²) in [6.45, 7) is 8.72. The number of hydrogen-bond acceptors (Lipinski definition) is 3. The zero-order chi connectivity index (χ0) is 16.0. The van der Waals surface area contributed by atoms with E-state index in [0.29, 0.717) is 18.1 Å². The molecule has 2 aliphatic rings. The lowest BCUT2D eigenvalue weighted by atomic mass is 9.55. The number of rotatable bonds is 4. The van der Waals surface area contributed by atoms with Crippen LogP contribution >= 0.6 is 0 Å². The van der Waals surface area contributed by atoms with Crippen LogP contribution in [0.3, 0.4) is 0 Å². The predicted molar refractivity (Wildman–Crippen MR) is 91.7 cm³/mol. The minimum atomic E-state index is 0.251. The van der Waals surface area contributed by atoms with E-state index in [9.17, 15) is 0 Å². The van der Waals surface area contributed by atoms with Crippen molar-refractivity contribution in [3.63, 3.8) is 0 Å². The molecule has 0 bridgehead atoms. The van der Waals surface area contributed by atoms with Crippen LogP contribution < -0.4 is 5.32 Å². The third-order valence-electron chi connectivity index (χ3n) is 5.80. The molecule has 3 atom stereocenters. The molecule has 124 valence electrons. The second kappa shape index (κ2) is 5.60. The van der Waals surface area contributed by atoms with Crippen molar-refractivity contribution in [3.8, 4) is 0 Å². The summed E-state index contributed by atoms with van der Waals surface area (Å²) >= 11 is 0. The molecule has 0 unspecified atom stereocenters. The summed E-state index contributed by atoms with van der Waals surface area (Å²) in [5.41, 5.74) is 3.72. The molecule has 0 amide bonds. The van der Waals surface area contributed by atoms with Gasteiger partial charge in [0, 0.05) is 49.3 Å². The van der Waals surface area contributed by atoms with Crippen LogP contribution in [0.1, 0.15) is 37.9 Å². The Morgan fingerprint density at radius 1 is 1.43 bits per heavy atom. The summed E-state index contributed by atoms with van der Waals surface area (Å²) in [5, 5.41) is 3.79. The number of nitrogens with zero attached hydrogens (tertiary/aromatic N) is 2. The molecular weight excluding hydrogens is 286 g/mol. The summed E-state index contributed by atoms with van der Waals surface area (Å²) in [7, 11) is 0. The highest BCUT2D eigenvalue weighted by atomic mass is 16.5. The third kappa shape index (κ3) is 2.48. The van der Waals surface area contributed by atoms with Gasteiger partial charge in [0.2, 0.25) is 0 Å². The molecule has 1 aliphatic carbocycles. The smallest absolute Gasteiger partial charge is 0.139 e. The molecule has 1 saturated carbocycles. The minimum absolute atomic E-state index is 0.251. The van der Waals surface area contributed by atoms with Gasteiger partial charge in [-0.05, 0) is 31.4 Å². The average molecular weight is 313 g/mol. The minimum Gasteiger partial charge on any atom is -0.377 e. The SMILES string of the molecule is Cc1cccn2cc(CCN[C@@H]3[C@H]4CCCO[C@H]4C3(C)C)nc12. The van der Waals surface area contributed by atoms with Crippen molar-refractivity contribution in [2.75, 3.05) is 13.2 Å². The molecule has 2 aromatic rings. The lowest BCUT2D eigenvalue weighted by Gasteiger charge is -2.60. The second-order valence-corrected chi connectivity index (χ2v) is 7.75. The van der Waals surface area contributed by atoms with Crippen LogP contribution in [-0.2, 0) is 11.2 Å². The fourth-order valence-electron chi connectivity index (χ4n) is 4.62. The largest absolute Gasteiger partial charge is 0.377 e. The Labute approximate surface area is 138 Å². The first kappa shape index (κ1) is 15.2. The van der Waals surface area contributed by atoms with Gasteiger partial charge in [0.15, 0.2) is 0 Å². The molecule has 0 aromatic carbocycles. The molecule has 23 heavy (non-hydrogen) atoms. The van der Waals surface area contributed by atoms with E-state index in [1.54, 1.807) is 0 Å². The van der Waals surface area contributed by atoms with E-state index in [1.807, 2.05) is 0 Å². The zero-order valence-electron chi connectivity index (χ0n) is 14.4. The molecule has 2 aromatic heterocycles. The van der Waals surface area contributed by atoms with Crippen molar-refractivity contribution in [2.45, 2.75) is 52.2 Å². The highest BCUT2D eigenvalue weighted by molar-refractivity contribution is 5.47. The van der Waals surface area contributed by atoms with E-state index in [0.717, 1.165) is 25.2 Å². The lowest BCUT2D eigenvalue weighted by Crippen LogP contribution is -2.69. The van der Waals surface area contributed by atoms with E-state index in [1.165, 1.54) is 24.1 Å². The molecule has 1 aliphatic heterocycles. The Bertz CT molecular complexity index is 706.